The zero-order valence-corrected chi connectivity index (χ0v) is 10.9. The number of aryl methyl sites for hydroxylation is 1. The fourth-order valence-corrected chi connectivity index (χ4v) is 3.07. The molecule has 0 unspecified atom stereocenters. The summed E-state index contributed by atoms with van der Waals surface area (Å²) in [5, 5.41) is 8.32. The summed E-state index contributed by atoms with van der Waals surface area (Å²) in [7, 11) is -3.35. The van der Waals surface area contributed by atoms with Crippen LogP contribution in [0.5, 0.6) is 0 Å². The van der Waals surface area contributed by atoms with Crippen LogP contribution in [0.1, 0.15) is 24.1 Å². The minimum atomic E-state index is -3.35. The van der Waals surface area contributed by atoms with Crippen molar-refractivity contribution in [2.24, 2.45) is 5.73 Å². The summed E-state index contributed by atoms with van der Waals surface area (Å²) < 4.78 is 23.6. The van der Waals surface area contributed by atoms with E-state index in [-0.39, 0.29) is 5.75 Å². The van der Waals surface area contributed by atoms with Gasteiger partial charge in [-0.2, -0.15) is 0 Å². The quantitative estimate of drug-likeness (QED) is 0.817. The molecule has 17 heavy (non-hydrogen) atoms. The van der Waals surface area contributed by atoms with E-state index in [1.165, 1.54) is 0 Å². The Bertz CT molecular complexity index is 470. The predicted octanol–water partition coefficient (Wildman–Crippen LogP) is 0.790. The molecule has 3 N–H and O–H groups in total. The Morgan fingerprint density at radius 2 is 1.94 bits per heavy atom. The average molecular weight is 257 g/mol. The van der Waals surface area contributed by atoms with E-state index in [4.69, 9.17) is 5.73 Å². The van der Waals surface area contributed by atoms with Crippen molar-refractivity contribution >= 4 is 9.84 Å². The SMILES string of the molecule is CCS(=O)(=O)[C@@H](CO)[C@@H](N)c1ccccc1C. The van der Waals surface area contributed by atoms with E-state index in [0.29, 0.717) is 0 Å². The molecule has 1 aromatic rings. The van der Waals surface area contributed by atoms with E-state index in [1.54, 1.807) is 13.0 Å². The standard InChI is InChI=1S/C12H19NO3S/c1-3-17(15,16)11(8-14)12(13)10-7-5-4-6-9(10)2/h4-7,11-12,14H,3,8,13H2,1-2H3/t11-,12-/m0/s1. The molecule has 0 spiro atoms. The van der Waals surface area contributed by atoms with Crippen LogP contribution in [0.25, 0.3) is 0 Å². The van der Waals surface area contributed by atoms with Crippen LogP contribution in [0.4, 0.5) is 0 Å². The molecule has 1 rings (SSSR count). The molecule has 96 valence electrons. The highest BCUT2D eigenvalue weighted by Gasteiger charge is 2.30. The summed E-state index contributed by atoms with van der Waals surface area (Å²) in [4.78, 5) is 0. The molecule has 0 aliphatic rings. The van der Waals surface area contributed by atoms with E-state index in [0.717, 1.165) is 11.1 Å². The minimum absolute atomic E-state index is 0.0161. The fraction of sp³-hybridized carbons (Fsp3) is 0.500. The molecular formula is C12H19NO3S. The fourth-order valence-electron chi connectivity index (χ4n) is 1.83. The molecule has 0 radical (unpaired) electrons. The normalized spacial score (nSPS) is 15.5. The molecule has 0 aliphatic heterocycles. The molecule has 0 saturated carbocycles. The molecule has 0 saturated heterocycles. The Balaban J connectivity index is 3.11. The summed E-state index contributed by atoms with van der Waals surface area (Å²) in [6.07, 6.45) is 0. The monoisotopic (exact) mass is 257 g/mol. The van der Waals surface area contributed by atoms with Crippen LogP contribution in [-0.4, -0.2) is 31.1 Å². The van der Waals surface area contributed by atoms with Gasteiger partial charge in [-0.15, -0.1) is 0 Å². The van der Waals surface area contributed by atoms with Gasteiger partial charge in [0, 0.05) is 11.8 Å². The lowest BCUT2D eigenvalue weighted by Gasteiger charge is -2.23. The van der Waals surface area contributed by atoms with Gasteiger partial charge in [-0.1, -0.05) is 31.2 Å². The lowest BCUT2D eigenvalue weighted by Crippen LogP contribution is -2.37. The zero-order chi connectivity index (χ0) is 13.1. The summed E-state index contributed by atoms with van der Waals surface area (Å²) >= 11 is 0. The van der Waals surface area contributed by atoms with Crippen molar-refractivity contribution in [2.45, 2.75) is 25.1 Å². The van der Waals surface area contributed by atoms with Crippen molar-refractivity contribution in [3.05, 3.63) is 35.4 Å². The zero-order valence-electron chi connectivity index (χ0n) is 10.1. The number of hydrogen-bond donors (Lipinski definition) is 2. The van der Waals surface area contributed by atoms with Gasteiger partial charge in [0.2, 0.25) is 0 Å². The minimum Gasteiger partial charge on any atom is -0.395 e. The van der Waals surface area contributed by atoms with Crippen LogP contribution < -0.4 is 5.73 Å². The maximum absolute atomic E-state index is 11.8. The van der Waals surface area contributed by atoms with Crippen LogP contribution in [0.15, 0.2) is 24.3 Å². The molecule has 0 fully saturated rings. The van der Waals surface area contributed by atoms with Crippen molar-refractivity contribution in [3.8, 4) is 0 Å². The third-order valence-corrected chi connectivity index (χ3v) is 5.16. The van der Waals surface area contributed by atoms with Crippen LogP contribution >= 0.6 is 0 Å². The highest BCUT2D eigenvalue weighted by Crippen LogP contribution is 2.23. The van der Waals surface area contributed by atoms with Gasteiger partial charge in [-0.3, -0.25) is 0 Å². The Kier molecular flexibility index (Phi) is 4.68. The Hall–Kier alpha value is -0.910. The van der Waals surface area contributed by atoms with Gasteiger partial charge in [0.15, 0.2) is 9.84 Å². The van der Waals surface area contributed by atoms with Crippen molar-refractivity contribution < 1.29 is 13.5 Å². The van der Waals surface area contributed by atoms with E-state index in [2.05, 4.69) is 0 Å². The lowest BCUT2D eigenvalue weighted by molar-refractivity contribution is 0.277. The highest BCUT2D eigenvalue weighted by atomic mass is 32.2. The van der Waals surface area contributed by atoms with Crippen molar-refractivity contribution in [1.82, 2.24) is 0 Å². The van der Waals surface area contributed by atoms with E-state index >= 15 is 0 Å². The molecule has 2 atom stereocenters. The van der Waals surface area contributed by atoms with Crippen molar-refractivity contribution in [2.75, 3.05) is 12.4 Å². The van der Waals surface area contributed by atoms with Gasteiger partial charge in [-0.25, -0.2) is 8.42 Å². The maximum atomic E-state index is 11.8. The highest BCUT2D eigenvalue weighted by molar-refractivity contribution is 7.92. The van der Waals surface area contributed by atoms with Crippen LogP contribution in [-0.2, 0) is 9.84 Å². The number of nitrogens with two attached hydrogens (primary N) is 1. The van der Waals surface area contributed by atoms with E-state index < -0.39 is 27.7 Å². The summed E-state index contributed by atoms with van der Waals surface area (Å²) in [6, 6.07) is 6.67. The third kappa shape index (κ3) is 3.06. The second-order valence-electron chi connectivity index (χ2n) is 4.05. The number of rotatable bonds is 5. The van der Waals surface area contributed by atoms with E-state index in [1.807, 2.05) is 25.1 Å². The Labute approximate surface area is 102 Å². The molecule has 0 aromatic heterocycles. The maximum Gasteiger partial charge on any atom is 0.157 e. The van der Waals surface area contributed by atoms with Gasteiger partial charge in [0.1, 0.15) is 5.25 Å². The smallest absolute Gasteiger partial charge is 0.157 e. The third-order valence-electron chi connectivity index (χ3n) is 2.99. The number of hydrogen-bond acceptors (Lipinski definition) is 4. The lowest BCUT2D eigenvalue weighted by atomic mass is 10.00. The Morgan fingerprint density at radius 1 is 1.35 bits per heavy atom. The topological polar surface area (TPSA) is 80.4 Å². The molecule has 4 nitrogen and oxygen atoms in total. The van der Waals surface area contributed by atoms with Gasteiger partial charge >= 0.3 is 0 Å². The molecule has 0 heterocycles. The summed E-state index contributed by atoms with van der Waals surface area (Å²) in [5.41, 5.74) is 7.68. The Morgan fingerprint density at radius 3 is 2.41 bits per heavy atom. The second kappa shape index (κ2) is 5.62. The van der Waals surface area contributed by atoms with Gasteiger partial charge in [-0.05, 0) is 18.1 Å². The largest absolute Gasteiger partial charge is 0.395 e. The molecule has 5 heteroatoms. The van der Waals surface area contributed by atoms with Crippen LogP contribution in [0, 0.1) is 6.92 Å². The molecule has 0 aliphatic carbocycles. The first-order valence-electron chi connectivity index (χ1n) is 5.57. The van der Waals surface area contributed by atoms with Gasteiger partial charge < -0.3 is 10.8 Å². The first-order valence-corrected chi connectivity index (χ1v) is 7.29. The second-order valence-corrected chi connectivity index (χ2v) is 6.56. The number of benzene rings is 1. The number of aliphatic hydroxyl groups is 1. The van der Waals surface area contributed by atoms with Gasteiger partial charge in [0.05, 0.1) is 6.61 Å². The number of sulfone groups is 1. The summed E-state index contributed by atoms with van der Waals surface area (Å²) in [6.45, 7) is 2.98. The van der Waals surface area contributed by atoms with E-state index in [9.17, 15) is 13.5 Å². The molecule has 0 bridgehead atoms. The van der Waals surface area contributed by atoms with Crippen LogP contribution in [0.3, 0.4) is 0 Å². The van der Waals surface area contributed by atoms with Crippen molar-refractivity contribution in [3.63, 3.8) is 0 Å². The van der Waals surface area contributed by atoms with Gasteiger partial charge in [0.25, 0.3) is 0 Å². The summed E-state index contributed by atoms with van der Waals surface area (Å²) in [5.74, 6) is -0.0161. The van der Waals surface area contributed by atoms with Crippen LogP contribution in [0.2, 0.25) is 0 Å². The molecule has 0 amide bonds. The molecular weight excluding hydrogens is 238 g/mol. The molecule has 1 aromatic carbocycles. The number of aliphatic hydroxyl groups excluding tert-OH is 1. The first-order chi connectivity index (χ1) is 7.94. The first kappa shape index (κ1) is 14.2. The van der Waals surface area contributed by atoms with Crippen molar-refractivity contribution in [1.29, 1.82) is 0 Å². The average Bonchev–Trinajstić information content (AvgIpc) is 2.30. The predicted molar refractivity (Wildman–Crippen MR) is 68.4 cm³/mol.